The molecule has 2 atom stereocenters. The van der Waals surface area contributed by atoms with Crippen molar-refractivity contribution in [3.8, 4) is 0 Å². The summed E-state index contributed by atoms with van der Waals surface area (Å²) in [5.74, 6) is 0.614. The van der Waals surface area contributed by atoms with Gasteiger partial charge in [0, 0.05) is 50.5 Å². The van der Waals surface area contributed by atoms with Crippen molar-refractivity contribution in [3.63, 3.8) is 0 Å². The zero-order valence-electron chi connectivity index (χ0n) is 26.5. The second kappa shape index (κ2) is 10.9. The monoisotopic (exact) mass is 615 g/mol. The minimum absolute atomic E-state index is 0.278. The van der Waals surface area contributed by atoms with Gasteiger partial charge in [0.1, 0.15) is 11.2 Å². The van der Waals surface area contributed by atoms with Gasteiger partial charge >= 0.3 is 0 Å². The lowest BCUT2D eigenvalue weighted by molar-refractivity contribution is 0.604. The van der Waals surface area contributed by atoms with E-state index in [0.717, 1.165) is 40.3 Å². The topological polar surface area (TPSA) is 16.4 Å². The molecule has 0 radical (unpaired) electrons. The van der Waals surface area contributed by atoms with Gasteiger partial charge in [-0.1, -0.05) is 140 Å². The van der Waals surface area contributed by atoms with E-state index in [1.54, 1.807) is 0 Å². The van der Waals surface area contributed by atoms with Crippen molar-refractivity contribution in [3.05, 3.63) is 192 Å². The second-order valence-electron chi connectivity index (χ2n) is 13.1. The zero-order chi connectivity index (χ0) is 31.6. The maximum atomic E-state index is 6.80. The predicted molar refractivity (Wildman–Crippen MR) is 202 cm³/mol. The summed E-state index contributed by atoms with van der Waals surface area (Å²) < 4.78 is 6.80. The summed E-state index contributed by atoms with van der Waals surface area (Å²) in [7, 11) is 0. The molecule has 1 heterocycles. The fourth-order valence-electron chi connectivity index (χ4n) is 8.26. The molecule has 5 aromatic carbocycles. The van der Waals surface area contributed by atoms with Gasteiger partial charge in [0.15, 0.2) is 0 Å². The van der Waals surface area contributed by atoms with Crippen molar-refractivity contribution in [1.29, 1.82) is 0 Å². The Kier molecular flexibility index (Phi) is 6.17. The van der Waals surface area contributed by atoms with Crippen molar-refractivity contribution < 1.29 is 4.42 Å². The molecule has 0 saturated carbocycles. The molecule has 0 saturated heterocycles. The third-order valence-corrected chi connectivity index (χ3v) is 10.5. The van der Waals surface area contributed by atoms with Gasteiger partial charge in [-0.2, -0.15) is 0 Å². The van der Waals surface area contributed by atoms with E-state index in [1.807, 2.05) is 0 Å². The second-order valence-corrected chi connectivity index (χ2v) is 13.1. The molecule has 0 fully saturated rings. The van der Waals surface area contributed by atoms with E-state index in [-0.39, 0.29) is 5.92 Å². The van der Waals surface area contributed by atoms with Crippen LogP contribution >= 0.6 is 0 Å². The number of benzene rings is 5. The SMILES string of the molecule is C1=CC2=CC(N(C3=C(c4cccc5c4oc4cc6ccccc6cc45)C=CCC3)c3cccc4ccccc34)=C3C=CC=CC3C2C=C1. The molecule has 10 rings (SSSR count). The quantitative estimate of drug-likeness (QED) is 0.196. The number of anilines is 1. The van der Waals surface area contributed by atoms with E-state index in [0.29, 0.717) is 5.92 Å². The lowest BCUT2D eigenvalue weighted by Crippen LogP contribution is -2.31. The van der Waals surface area contributed by atoms with Crippen LogP contribution in [0.1, 0.15) is 18.4 Å². The number of nitrogens with zero attached hydrogens (tertiary/aromatic N) is 1. The van der Waals surface area contributed by atoms with Gasteiger partial charge in [0.2, 0.25) is 0 Å². The number of allylic oxidation sites excluding steroid dienone is 15. The first-order valence-corrected chi connectivity index (χ1v) is 17.0. The number of hydrogen-bond donors (Lipinski definition) is 0. The molecule has 2 unspecified atom stereocenters. The van der Waals surface area contributed by atoms with Gasteiger partial charge in [0.25, 0.3) is 0 Å². The molecule has 228 valence electrons. The van der Waals surface area contributed by atoms with Crippen molar-refractivity contribution >= 4 is 54.7 Å². The Morgan fingerprint density at radius 3 is 2.29 bits per heavy atom. The zero-order valence-corrected chi connectivity index (χ0v) is 26.5. The number of fused-ring (bicyclic) bond motifs is 8. The highest BCUT2D eigenvalue weighted by Crippen LogP contribution is 2.47. The fraction of sp³-hybridized carbons (Fsp3) is 0.0870. The molecule has 0 aliphatic heterocycles. The molecule has 2 heteroatoms. The molecule has 6 aromatic rings. The van der Waals surface area contributed by atoms with Gasteiger partial charge in [-0.25, -0.2) is 0 Å². The van der Waals surface area contributed by atoms with Gasteiger partial charge < -0.3 is 9.32 Å². The maximum Gasteiger partial charge on any atom is 0.143 e. The van der Waals surface area contributed by atoms with Crippen molar-refractivity contribution in [2.45, 2.75) is 12.8 Å². The van der Waals surface area contributed by atoms with Gasteiger partial charge in [0.05, 0.1) is 5.69 Å². The van der Waals surface area contributed by atoms with E-state index in [9.17, 15) is 0 Å². The predicted octanol–water partition coefficient (Wildman–Crippen LogP) is 12.1. The van der Waals surface area contributed by atoms with Gasteiger partial charge in [-0.05, 0) is 64.4 Å². The number of furan rings is 1. The lowest BCUT2D eigenvalue weighted by atomic mass is 9.72. The van der Waals surface area contributed by atoms with E-state index in [1.165, 1.54) is 55.3 Å². The highest BCUT2D eigenvalue weighted by Gasteiger charge is 2.34. The van der Waals surface area contributed by atoms with Crippen LogP contribution in [0.4, 0.5) is 5.69 Å². The van der Waals surface area contributed by atoms with Gasteiger partial charge in [-0.3, -0.25) is 0 Å². The van der Waals surface area contributed by atoms with Crippen LogP contribution in [0.5, 0.6) is 0 Å². The third kappa shape index (κ3) is 4.19. The number of para-hydroxylation sites is 1. The fourth-order valence-corrected chi connectivity index (χ4v) is 8.26. The smallest absolute Gasteiger partial charge is 0.143 e. The molecule has 48 heavy (non-hydrogen) atoms. The van der Waals surface area contributed by atoms with Gasteiger partial charge in [-0.15, -0.1) is 0 Å². The average Bonchev–Trinajstić information content (AvgIpc) is 3.52. The van der Waals surface area contributed by atoms with Crippen molar-refractivity contribution in [2.75, 3.05) is 4.90 Å². The lowest BCUT2D eigenvalue weighted by Gasteiger charge is -2.40. The number of hydrogen-bond acceptors (Lipinski definition) is 2. The summed E-state index contributed by atoms with van der Waals surface area (Å²) in [6, 6.07) is 35.1. The van der Waals surface area contributed by atoms with E-state index in [2.05, 4.69) is 169 Å². The van der Waals surface area contributed by atoms with Crippen LogP contribution in [0.2, 0.25) is 0 Å². The van der Waals surface area contributed by atoms with Crippen LogP contribution in [0.3, 0.4) is 0 Å². The third-order valence-electron chi connectivity index (χ3n) is 10.5. The summed E-state index contributed by atoms with van der Waals surface area (Å²) in [6.45, 7) is 0. The summed E-state index contributed by atoms with van der Waals surface area (Å²) >= 11 is 0. The Bertz CT molecular complexity index is 2570. The molecule has 4 aliphatic rings. The summed E-state index contributed by atoms with van der Waals surface area (Å²) in [4.78, 5) is 2.58. The number of rotatable bonds is 4. The van der Waals surface area contributed by atoms with Crippen LogP contribution in [0.25, 0.3) is 49.1 Å². The first kappa shape index (κ1) is 27.3. The van der Waals surface area contributed by atoms with Crippen LogP contribution < -0.4 is 4.90 Å². The van der Waals surface area contributed by atoms with Crippen LogP contribution in [0.15, 0.2) is 191 Å². The van der Waals surface area contributed by atoms with E-state index >= 15 is 0 Å². The summed E-state index contributed by atoms with van der Waals surface area (Å²) in [5, 5.41) is 7.21. The largest absolute Gasteiger partial charge is 0.455 e. The molecule has 0 amide bonds. The molecule has 1 aromatic heterocycles. The first-order chi connectivity index (χ1) is 23.8. The molecular weight excluding hydrogens is 583 g/mol. The van der Waals surface area contributed by atoms with Crippen molar-refractivity contribution in [1.82, 2.24) is 0 Å². The molecule has 4 aliphatic carbocycles. The maximum absolute atomic E-state index is 6.80. The molecule has 2 nitrogen and oxygen atoms in total. The molecule has 0 bridgehead atoms. The Morgan fingerprint density at radius 2 is 1.38 bits per heavy atom. The summed E-state index contributed by atoms with van der Waals surface area (Å²) in [6.07, 6.45) is 27.1. The van der Waals surface area contributed by atoms with Crippen LogP contribution in [-0.2, 0) is 0 Å². The molecular formula is C46H33NO. The Balaban J connectivity index is 1.27. The first-order valence-electron chi connectivity index (χ1n) is 17.0. The Hall–Kier alpha value is -5.86. The normalized spacial score (nSPS) is 19.9. The molecule has 0 N–H and O–H groups in total. The Labute approximate surface area is 280 Å². The van der Waals surface area contributed by atoms with Crippen LogP contribution in [0, 0.1) is 11.8 Å². The Morgan fingerprint density at radius 1 is 0.625 bits per heavy atom. The van der Waals surface area contributed by atoms with E-state index < -0.39 is 0 Å². The summed E-state index contributed by atoms with van der Waals surface area (Å²) in [5.41, 5.74) is 10.7. The van der Waals surface area contributed by atoms with Crippen molar-refractivity contribution in [2.24, 2.45) is 11.8 Å². The minimum atomic E-state index is 0.278. The van der Waals surface area contributed by atoms with E-state index in [4.69, 9.17) is 4.42 Å². The highest BCUT2D eigenvalue weighted by atomic mass is 16.3. The minimum Gasteiger partial charge on any atom is -0.455 e. The van der Waals surface area contributed by atoms with Crippen LogP contribution in [-0.4, -0.2) is 0 Å². The molecule has 0 spiro atoms. The standard InChI is InChI=1S/C46H33NO/c1-2-15-32-29-45-41(27-31(32)14-1)40-24-12-23-39(46(40)48-45)38-22-9-10-25-43(38)47(42-26-11-17-30-13-3-6-19-35(30)42)44-28-33-16-4-5-18-34(33)36-20-7-8-21-37(36)44/h1-9,11-24,26-29,34,36H,10,25H2. The highest BCUT2D eigenvalue weighted by molar-refractivity contribution is 6.13. The average molecular weight is 616 g/mol.